The van der Waals surface area contributed by atoms with Crippen molar-refractivity contribution >= 4 is 23.1 Å². The van der Waals surface area contributed by atoms with Crippen LogP contribution >= 0.6 is 0 Å². The second-order valence-corrected chi connectivity index (χ2v) is 4.23. The minimum Gasteiger partial charge on any atom is -0.496 e. The standard InChI is InChI=1S/C16H14N2O/c1-19-16-9-5-2-6-12(16)10-11-15-13-7-3-4-8-14(13)17-18-15/h2-11H,1H3,(H,17,18). The number of nitrogens with zero attached hydrogens (tertiary/aromatic N) is 1. The molecule has 1 aromatic heterocycles. The highest BCUT2D eigenvalue weighted by molar-refractivity contribution is 5.89. The zero-order valence-corrected chi connectivity index (χ0v) is 10.6. The predicted molar refractivity (Wildman–Crippen MR) is 78.0 cm³/mol. The number of H-pyrrole nitrogens is 1. The lowest BCUT2D eigenvalue weighted by molar-refractivity contribution is 0.414. The van der Waals surface area contributed by atoms with Gasteiger partial charge in [-0.3, -0.25) is 5.10 Å². The van der Waals surface area contributed by atoms with Crippen LogP contribution in [0.5, 0.6) is 5.75 Å². The lowest BCUT2D eigenvalue weighted by Crippen LogP contribution is -1.85. The zero-order valence-electron chi connectivity index (χ0n) is 10.6. The van der Waals surface area contributed by atoms with Gasteiger partial charge in [-0.1, -0.05) is 36.4 Å². The van der Waals surface area contributed by atoms with Crippen LogP contribution in [0.25, 0.3) is 23.1 Å². The molecule has 0 atom stereocenters. The Bertz CT molecular complexity index is 728. The SMILES string of the molecule is COc1ccccc1C=Cc1n[nH]c2ccccc12. The molecule has 0 saturated carbocycles. The number of methoxy groups -OCH3 is 1. The molecule has 0 aliphatic carbocycles. The molecule has 0 aliphatic rings. The largest absolute Gasteiger partial charge is 0.496 e. The highest BCUT2D eigenvalue weighted by Crippen LogP contribution is 2.22. The normalized spacial score (nSPS) is 11.2. The molecule has 19 heavy (non-hydrogen) atoms. The van der Waals surface area contributed by atoms with Crippen LogP contribution in [0.2, 0.25) is 0 Å². The molecule has 0 aliphatic heterocycles. The van der Waals surface area contributed by atoms with Crippen molar-refractivity contribution in [2.45, 2.75) is 0 Å². The Morgan fingerprint density at radius 2 is 1.79 bits per heavy atom. The monoisotopic (exact) mass is 250 g/mol. The van der Waals surface area contributed by atoms with Crippen LogP contribution in [-0.2, 0) is 0 Å². The minimum absolute atomic E-state index is 0.860. The Morgan fingerprint density at radius 3 is 2.68 bits per heavy atom. The molecule has 0 bridgehead atoms. The summed E-state index contributed by atoms with van der Waals surface area (Å²) < 4.78 is 5.32. The molecular weight excluding hydrogens is 236 g/mol. The number of aromatic nitrogens is 2. The van der Waals surface area contributed by atoms with E-state index < -0.39 is 0 Å². The fourth-order valence-corrected chi connectivity index (χ4v) is 2.08. The van der Waals surface area contributed by atoms with Crippen molar-refractivity contribution in [1.82, 2.24) is 10.2 Å². The molecule has 0 radical (unpaired) electrons. The van der Waals surface area contributed by atoms with Gasteiger partial charge in [0.15, 0.2) is 0 Å². The van der Waals surface area contributed by atoms with Crippen LogP contribution in [0.1, 0.15) is 11.3 Å². The topological polar surface area (TPSA) is 37.9 Å². The summed E-state index contributed by atoms with van der Waals surface area (Å²) in [4.78, 5) is 0. The highest BCUT2D eigenvalue weighted by atomic mass is 16.5. The van der Waals surface area contributed by atoms with E-state index in [1.54, 1.807) is 7.11 Å². The molecule has 3 heteroatoms. The number of rotatable bonds is 3. The van der Waals surface area contributed by atoms with Gasteiger partial charge in [-0.15, -0.1) is 0 Å². The molecule has 0 fully saturated rings. The van der Waals surface area contributed by atoms with Crippen LogP contribution < -0.4 is 4.74 Å². The Labute approximate surface area is 111 Å². The quantitative estimate of drug-likeness (QED) is 0.769. The maximum atomic E-state index is 5.32. The molecule has 0 saturated heterocycles. The number of hydrogen-bond acceptors (Lipinski definition) is 2. The van der Waals surface area contributed by atoms with E-state index in [4.69, 9.17) is 4.74 Å². The number of hydrogen-bond donors (Lipinski definition) is 1. The summed E-state index contributed by atoms with van der Waals surface area (Å²) in [7, 11) is 1.68. The van der Waals surface area contributed by atoms with Gasteiger partial charge in [-0.25, -0.2) is 0 Å². The van der Waals surface area contributed by atoms with Crippen LogP contribution in [0.15, 0.2) is 48.5 Å². The third kappa shape index (κ3) is 2.22. The van der Waals surface area contributed by atoms with Gasteiger partial charge in [-0.2, -0.15) is 5.10 Å². The molecule has 0 unspecified atom stereocenters. The number of fused-ring (bicyclic) bond motifs is 1. The summed E-state index contributed by atoms with van der Waals surface area (Å²) in [6.45, 7) is 0. The zero-order chi connectivity index (χ0) is 13.1. The van der Waals surface area contributed by atoms with Crippen molar-refractivity contribution in [2.75, 3.05) is 7.11 Å². The summed E-state index contributed by atoms with van der Waals surface area (Å²) >= 11 is 0. The van der Waals surface area contributed by atoms with Crippen molar-refractivity contribution in [2.24, 2.45) is 0 Å². The van der Waals surface area contributed by atoms with Crippen LogP contribution in [0, 0.1) is 0 Å². The second-order valence-electron chi connectivity index (χ2n) is 4.23. The Kier molecular flexibility index (Phi) is 3.02. The number of para-hydroxylation sites is 2. The van der Waals surface area contributed by atoms with E-state index in [9.17, 15) is 0 Å². The molecule has 0 amide bonds. The lowest BCUT2D eigenvalue weighted by atomic mass is 10.1. The first kappa shape index (κ1) is 11.5. The van der Waals surface area contributed by atoms with Crippen molar-refractivity contribution in [1.29, 1.82) is 0 Å². The van der Waals surface area contributed by atoms with Crippen molar-refractivity contribution in [3.05, 3.63) is 59.8 Å². The summed E-state index contributed by atoms with van der Waals surface area (Å²) in [5.74, 6) is 0.860. The Balaban J connectivity index is 1.98. The second kappa shape index (κ2) is 4.98. The van der Waals surface area contributed by atoms with E-state index in [-0.39, 0.29) is 0 Å². The fraction of sp³-hybridized carbons (Fsp3) is 0.0625. The Hall–Kier alpha value is -2.55. The summed E-state index contributed by atoms with van der Waals surface area (Å²) in [5.41, 5.74) is 3.01. The first-order valence-electron chi connectivity index (χ1n) is 6.12. The summed E-state index contributed by atoms with van der Waals surface area (Å²) in [6, 6.07) is 16.0. The first-order chi connectivity index (χ1) is 9.38. The van der Waals surface area contributed by atoms with Gasteiger partial charge in [0, 0.05) is 10.9 Å². The average molecular weight is 250 g/mol. The van der Waals surface area contributed by atoms with Gasteiger partial charge in [0.1, 0.15) is 5.75 Å². The molecule has 3 nitrogen and oxygen atoms in total. The third-order valence-electron chi connectivity index (χ3n) is 3.06. The number of ether oxygens (including phenoxy) is 1. The van der Waals surface area contributed by atoms with Gasteiger partial charge in [-0.05, 0) is 24.3 Å². The van der Waals surface area contributed by atoms with E-state index in [1.807, 2.05) is 54.6 Å². The van der Waals surface area contributed by atoms with E-state index in [0.717, 1.165) is 27.9 Å². The van der Waals surface area contributed by atoms with E-state index in [1.165, 1.54) is 0 Å². The smallest absolute Gasteiger partial charge is 0.126 e. The first-order valence-corrected chi connectivity index (χ1v) is 6.12. The lowest BCUT2D eigenvalue weighted by Gasteiger charge is -2.02. The number of aromatic amines is 1. The van der Waals surface area contributed by atoms with Crippen molar-refractivity contribution in [3.8, 4) is 5.75 Å². The van der Waals surface area contributed by atoms with Crippen molar-refractivity contribution in [3.63, 3.8) is 0 Å². The Morgan fingerprint density at radius 1 is 1.00 bits per heavy atom. The highest BCUT2D eigenvalue weighted by Gasteiger charge is 2.02. The maximum Gasteiger partial charge on any atom is 0.126 e. The summed E-state index contributed by atoms with van der Waals surface area (Å²) in [5, 5.41) is 8.45. The van der Waals surface area contributed by atoms with E-state index in [2.05, 4.69) is 16.3 Å². The molecular formula is C16H14N2O. The van der Waals surface area contributed by atoms with Gasteiger partial charge in [0.25, 0.3) is 0 Å². The average Bonchev–Trinajstić information content (AvgIpc) is 2.89. The third-order valence-corrected chi connectivity index (χ3v) is 3.06. The van der Waals surface area contributed by atoms with Crippen LogP contribution in [0.3, 0.4) is 0 Å². The molecule has 94 valence electrons. The van der Waals surface area contributed by atoms with Gasteiger partial charge in [0.2, 0.25) is 0 Å². The van der Waals surface area contributed by atoms with Crippen LogP contribution in [0.4, 0.5) is 0 Å². The minimum atomic E-state index is 0.860. The number of nitrogens with one attached hydrogen (secondary N) is 1. The van der Waals surface area contributed by atoms with E-state index in [0.29, 0.717) is 0 Å². The molecule has 3 rings (SSSR count). The summed E-state index contributed by atoms with van der Waals surface area (Å²) in [6.07, 6.45) is 4.01. The van der Waals surface area contributed by atoms with Gasteiger partial charge >= 0.3 is 0 Å². The number of benzene rings is 2. The predicted octanol–water partition coefficient (Wildman–Crippen LogP) is 3.74. The van der Waals surface area contributed by atoms with Crippen LogP contribution in [-0.4, -0.2) is 17.3 Å². The van der Waals surface area contributed by atoms with Gasteiger partial charge in [0.05, 0.1) is 18.3 Å². The van der Waals surface area contributed by atoms with Gasteiger partial charge < -0.3 is 4.74 Å². The van der Waals surface area contributed by atoms with Crippen molar-refractivity contribution < 1.29 is 4.74 Å². The molecule has 3 aromatic rings. The fourth-order valence-electron chi connectivity index (χ4n) is 2.08. The molecule has 0 spiro atoms. The maximum absolute atomic E-state index is 5.32. The molecule has 1 N–H and O–H groups in total. The molecule has 2 aromatic carbocycles. The van der Waals surface area contributed by atoms with E-state index >= 15 is 0 Å². The molecule has 1 heterocycles.